The number of nitrogens with zero attached hydrogens (tertiary/aromatic N) is 3. The van der Waals surface area contributed by atoms with Gasteiger partial charge >= 0.3 is 0 Å². The van der Waals surface area contributed by atoms with Gasteiger partial charge in [-0.05, 0) is 32.2 Å². The fourth-order valence-electron chi connectivity index (χ4n) is 2.05. The molecule has 1 N–H and O–H groups in total. The van der Waals surface area contributed by atoms with Gasteiger partial charge in [-0.2, -0.15) is 5.10 Å². The number of hydrogen-bond acceptors (Lipinski definition) is 2. The summed E-state index contributed by atoms with van der Waals surface area (Å²) in [4.78, 5) is 0. The van der Waals surface area contributed by atoms with Crippen LogP contribution in [-0.2, 0) is 20.0 Å². The van der Waals surface area contributed by atoms with Gasteiger partial charge in [0.2, 0.25) is 0 Å². The maximum atomic E-state index is 4.19. The van der Waals surface area contributed by atoms with Gasteiger partial charge in [-0.25, -0.2) is 0 Å². The molecule has 0 saturated carbocycles. The number of rotatable bonds is 5. The molecule has 4 nitrogen and oxygen atoms in total. The maximum absolute atomic E-state index is 4.19. The van der Waals surface area contributed by atoms with Crippen molar-refractivity contribution < 1.29 is 0 Å². The van der Waals surface area contributed by atoms with Crippen LogP contribution in [0, 0.1) is 0 Å². The molecule has 4 heteroatoms. The van der Waals surface area contributed by atoms with E-state index >= 15 is 0 Å². The first-order chi connectivity index (χ1) is 8.22. The summed E-state index contributed by atoms with van der Waals surface area (Å²) in [5.41, 5.74) is 2.59. The molecular weight excluding hydrogens is 212 g/mol. The largest absolute Gasteiger partial charge is 0.350 e. The topological polar surface area (TPSA) is 34.8 Å². The van der Waals surface area contributed by atoms with E-state index in [4.69, 9.17) is 0 Å². The first kappa shape index (κ1) is 11.9. The molecule has 0 fully saturated rings. The first-order valence-corrected chi connectivity index (χ1v) is 6.01. The number of aromatic nitrogens is 3. The second-order valence-electron chi connectivity index (χ2n) is 4.33. The Bertz CT molecular complexity index is 469. The van der Waals surface area contributed by atoms with Crippen LogP contribution < -0.4 is 5.32 Å². The van der Waals surface area contributed by atoms with Crippen LogP contribution >= 0.6 is 0 Å². The molecule has 1 unspecified atom stereocenters. The molecular formula is C13H20N4. The third kappa shape index (κ3) is 2.58. The van der Waals surface area contributed by atoms with Gasteiger partial charge in [-0.1, -0.05) is 0 Å². The Hall–Kier alpha value is -1.55. The molecule has 0 aliphatic heterocycles. The van der Waals surface area contributed by atoms with Crippen LogP contribution in [0.15, 0.2) is 30.6 Å². The van der Waals surface area contributed by atoms with Crippen molar-refractivity contribution in [1.29, 1.82) is 0 Å². The predicted octanol–water partition coefficient (Wildman–Crippen LogP) is 1.74. The van der Waals surface area contributed by atoms with E-state index < -0.39 is 0 Å². The van der Waals surface area contributed by atoms with E-state index in [1.807, 2.05) is 25.0 Å². The van der Waals surface area contributed by atoms with Crippen molar-refractivity contribution in [2.24, 2.45) is 7.05 Å². The third-order valence-electron chi connectivity index (χ3n) is 3.27. The van der Waals surface area contributed by atoms with Gasteiger partial charge in [0.15, 0.2) is 0 Å². The molecule has 1 atom stereocenters. The standard InChI is InChI=1S/C13H20N4/c1-11(14-2)13-5-4-9-17(13)10-7-12-6-8-15-16(12)3/h4-6,8-9,11,14H,7,10H2,1-3H3. The highest BCUT2D eigenvalue weighted by molar-refractivity contribution is 5.12. The van der Waals surface area contributed by atoms with Crippen LogP contribution in [-0.4, -0.2) is 21.4 Å². The average molecular weight is 232 g/mol. The molecule has 2 aromatic heterocycles. The minimum atomic E-state index is 0.386. The van der Waals surface area contributed by atoms with E-state index in [0.29, 0.717) is 6.04 Å². The van der Waals surface area contributed by atoms with Crippen molar-refractivity contribution in [2.45, 2.75) is 25.9 Å². The van der Waals surface area contributed by atoms with Gasteiger partial charge in [0.05, 0.1) is 0 Å². The average Bonchev–Trinajstić information content (AvgIpc) is 2.94. The molecule has 0 radical (unpaired) electrons. The van der Waals surface area contributed by atoms with Gasteiger partial charge in [0, 0.05) is 49.8 Å². The van der Waals surface area contributed by atoms with Crippen LogP contribution in [0.1, 0.15) is 24.4 Å². The maximum Gasteiger partial charge on any atom is 0.0492 e. The Kier molecular flexibility index (Phi) is 3.64. The normalized spacial score (nSPS) is 12.9. The molecule has 0 bridgehead atoms. The van der Waals surface area contributed by atoms with E-state index in [-0.39, 0.29) is 0 Å². The van der Waals surface area contributed by atoms with E-state index in [1.54, 1.807) is 0 Å². The second-order valence-corrected chi connectivity index (χ2v) is 4.33. The molecule has 0 saturated heterocycles. The lowest BCUT2D eigenvalue weighted by Crippen LogP contribution is -2.17. The van der Waals surface area contributed by atoms with Gasteiger partial charge in [-0.3, -0.25) is 4.68 Å². The zero-order valence-corrected chi connectivity index (χ0v) is 10.7. The lowest BCUT2D eigenvalue weighted by molar-refractivity contribution is 0.558. The van der Waals surface area contributed by atoms with Gasteiger partial charge in [0.1, 0.15) is 0 Å². The molecule has 0 aliphatic carbocycles. The predicted molar refractivity (Wildman–Crippen MR) is 68.8 cm³/mol. The summed E-state index contributed by atoms with van der Waals surface area (Å²) < 4.78 is 4.23. The Morgan fingerprint density at radius 2 is 2.24 bits per heavy atom. The SMILES string of the molecule is CNC(C)c1cccn1CCc1ccnn1C. The van der Waals surface area contributed by atoms with Gasteiger partial charge < -0.3 is 9.88 Å². The van der Waals surface area contributed by atoms with Crippen LogP contribution in [0.4, 0.5) is 0 Å². The molecule has 0 aliphatic rings. The van der Waals surface area contributed by atoms with E-state index in [1.165, 1.54) is 11.4 Å². The molecule has 92 valence electrons. The Morgan fingerprint density at radius 1 is 1.41 bits per heavy atom. The molecule has 0 amide bonds. The summed E-state index contributed by atoms with van der Waals surface area (Å²) in [6, 6.07) is 6.73. The van der Waals surface area contributed by atoms with Crippen molar-refractivity contribution >= 4 is 0 Å². The van der Waals surface area contributed by atoms with E-state index in [2.05, 4.69) is 46.3 Å². The molecule has 2 heterocycles. The monoisotopic (exact) mass is 232 g/mol. The first-order valence-electron chi connectivity index (χ1n) is 6.01. The molecule has 2 aromatic rings. The highest BCUT2D eigenvalue weighted by Gasteiger charge is 2.08. The highest BCUT2D eigenvalue weighted by atomic mass is 15.3. The minimum absolute atomic E-state index is 0.386. The van der Waals surface area contributed by atoms with Crippen molar-refractivity contribution in [3.05, 3.63) is 42.0 Å². The van der Waals surface area contributed by atoms with E-state index in [9.17, 15) is 0 Å². The molecule has 0 spiro atoms. The zero-order valence-electron chi connectivity index (χ0n) is 10.7. The second kappa shape index (κ2) is 5.19. The Labute approximate surface area is 102 Å². The van der Waals surface area contributed by atoms with Crippen LogP contribution in [0.3, 0.4) is 0 Å². The van der Waals surface area contributed by atoms with Crippen molar-refractivity contribution in [3.63, 3.8) is 0 Å². The van der Waals surface area contributed by atoms with Gasteiger partial charge in [-0.15, -0.1) is 0 Å². The smallest absolute Gasteiger partial charge is 0.0492 e. The number of nitrogens with one attached hydrogen (secondary N) is 1. The van der Waals surface area contributed by atoms with Crippen LogP contribution in [0.25, 0.3) is 0 Å². The lowest BCUT2D eigenvalue weighted by atomic mass is 10.2. The highest BCUT2D eigenvalue weighted by Crippen LogP contribution is 2.13. The quantitative estimate of drug-likeness (QED) is 0.852. The summed E-state index contributed by atoms with van der Waals surface area (Å²) in [5.74, 6) is 0. The lowest BCUT2D eigenvalue weighted by Gasteiger charge is -2.14. The summed E-state index contributed by atoms with van der Waals surface area (Å²) in [7, 11) is 3.98. The van der Waals surface area contributed by atoms with E-state index in [0.717, 1.165) is 13.0 Å². The summed E-state index contributed by atoms with van der Waals surface area (Å²) in [6.07, 6.45) is 5.00. The molecule has 2 rings (SSSR count). The molecule has 17 heavy (non-hydrogen) atoms. The fraction of sp³-hybridized carbons (Fsp3) is 0.462. The zero-order chi connectivity index (χ0) is 12.3. The van der Waals surface area contributed by atoms with Crippen LogP contribution in [0.5, 0.6) is 0 Å². The number of aryl methyl sites for hydroxylation is 3. The van der Waals surface area contributed by atoms with Crippen LogP contribution in [0.2, 0.25) is 0 Å². The minimum Gasteiger partial charge on any atom is -0.350 e. The fourth-order valence-corrected chi connectivity index (χ4v) is 2.05. The van der Waals surface area contributed by atoms with Crippen molar-refractivity contribution in [2.75, 3.05) is 7.05 Å². The summed E-state index contributed by atoms with van der Waals surface area (Å²) >= 11 is 0. The van der Waals surface area contributed by atoms with Crippen molar-refractivity contribution in [1.82, 2.24) is 19.7 Å². The summed E-state index contributed by atoms with van der Waals surface area (Å²) in [5, 5.41) is 7.46. The molecule has 0 aromatic carbocycles. The third-order valence-corrected chi connectivity index (χ3v) is 3.27. The van der Waals surface area contributed by atoms with Crippen molar-refractivity contribution in [3.8, 4) is 0 Å². The Morgan fingerprint density at radius 3 is 2.88 bits per heavy atom. The summed E-state index contributed by atoms with van der Waals surface area (Å²) in [6.45, 7) is 3.17. The number of hydrogen-bond donors (Lipinski definition) is 1. The van der Waals surface area contributed by atoms with Gasteiger partial charge in [0.25, 0.3) is 0 Å². The Balaban J connectivity index is 2.04.